The van der Waals surface area contributed by atoms with E-state index in [2.05, 4.69) is 38.2 Å². The molecule has 3 rings (SSSR count). The monoisotopic (exact) mass is 255 g/mol. The summed E-state index contributed by atoms with van der Waals surface area (Å²) < 4.78 is 4.15. The molecule has 0 saturated carbocycles. The number of aryl methyl sites for hydroxylation is 3. The molecule has 1 aromatic carbocycles. The maximum Gasteiger partial charge on any atom is 0.201 e. The summed E-state index contributed by atoms with van der Waals surface area (Å²) in [5, 5.41) is 0. The second-order valence-corrected chi connectivity index (χ2v) is 4.77. The molecule has 0 aliphatic rings. The standard InChI is InChI=1S/C14H17N5/c1-11-3-4-12-13(9-11)19(14(15)17-12)7-2-6-18-8-5-16-10-18/h3-5,8-10H,2,6-7H2,1H3,(H2,15,17). The van der Waals surface area contributed by atoms with Gasteiger partial charge in [-0.05, 0) is 31.0 Å². The topological polar surface area (TPSA) is 61.7 Å². The Morgan fingerprint density at radius 1 is 1.26 bits per heavy atom. The Labute approximate surface area is 111 Å². The predicted octanol–water partition coefficient (Wildman–Crippen LogP) is 2.21. The van der Waals surface area contributed by atoms with E-state index >= 15 is 0 Å². The van der Waals surface area contributed by atoms with Gasteiger partial charge in [-0.1, -0.05) is 6.07 Å². The second kappa shape index (κ2) is 4.76. The number of hydrogen-bond acceptors (Lipinski definition) is 3. The molecule has 19 heavy (non-hydrogen) atoms. The van der Waals surface area contributed by atoms with Gasteiger partial charge >= 0.3 is 0 Å². The fourth-order valence-electron chi connectivity index (χ4n) is 2.32. The number of fused-ring (bicyclic) bond motifs is 1. The highest BCUT2D eigenvalue weighted by molar-refractivity contribution is 5.79. The van der Waals surface area contributed by atoms with Crippen LogP contribution in [0, 0.1) is 6.92 Å². The number of hydrogen-bond donors (Lipinski definition) is 1. The van der Waals surface area contributed by atoms with E-state index in [-0.39, 0.29) is 0 Å². The van der Waals surface area contributed by atoms with Gasteiger partial charge in [0, 0.05) is 25.5 Å². The van der Waals surface area contributed by atoms with Crippen LogP contribution in [0.3, 0.4) is 0 Å². The number of nitrogens with two attached hydrogens (primary N) is 1. The fraction of sp³-hybridized carbons (Fsp3) is 0.286. The van der Waals surface area contributed by atoms with E-state index in [0.29, 0.717) is 5.95 Å². The molecule has 2 N–H and O–H groups in total. The van der Waals surface area contributed by atoms with Crippen molar-refractivity contribution in [2.24, 2.45) is 0 Å². The molecule has 0 saturated heterocycles. The van der Waals surface area contributed by atoms with Gasteiger partial charge < -0.3 is 14.9 Å². The predicted molar refractivity (Wildman–Crippen MR) is 75.7 cm³/mol. The van der Waals surface area contributed by atoms with Gasteiger partial charge in [-0.15, -0.1) is 0 Å². The van der Waals surface area contributed by atoms with Crippen molar-refractivity contribution in [3.8, 4) is 0 Å². The van der Waals surface area contributed by atoms with E-state index in [1.54, 1.807) is 6.20 Å². The summed E-state index contributed by atoms with van der Waals surface area (Å²) in [6.45, 7) is 3.88. The maximum atomic E-state index is 6.00. The molecule has 2 aromatic heterocycles. The Bertz CT molecular complexity index is 681. The number of nitrogens with zero attached hydrogens (tertiary/aromatic N) is 4. The molecule has 0 aliphatic carbocycles. The van der Waals surface area contributed by atoms with Crippen LogP contribution in [0.1, 0.15) is 12.0 Å². The average molecular weight is 255 g/mol. The van der Waals surface area contributed by atoms with Crippen molar-refractivity contribution >= 4 is 17.0 Å². The first kappa shape index (κ1) is 11.8. The van der Waals surface area contributed by atoms with Crippen LogP contribution in [0.2, 0.25) is 0 Å². The van der Waals surface area contributed by atoms with E-state index < -0.39 is 0 Å². The van der Waals surface area contributed by atoms with Crippen LogP contribution in [0.15, 0.2) is 36.9 Å². The van der Waals surface area contributed by atoms with E-state index in [1.165, 1.54) is 5.56 Å². The van der Waals surface area contributed by atoms with Gasteiger partial charge in [-0.2, -0.15) is 0 Å². The van der Waals surface area contributed by atoms with Crippen molar-refractivity contribution < 1.29 is 0 Å². The lowest BCUT2D eigenvalue weighted by atomic mass is 10.2. The summed E-state index contributed by atoms with van der Waals surface area (Å²) in [7, 11) is 0. The highest BCUT2D eigenvalue weighted by Gasteiger charge is 2.07. The summed E-state index contributed by atoms with van der Waals surface area (Å²) >= 11 is 0. The highest BCUT2D eigenvalue weighted by Crippen LogP contribution is 2.19. The number of rotatable bonds is 4. The molecule has 0 fully saturated rings. The molecule has 98 valence electrons. The van der Waals surface area contributed by atoms with Crippen molar-refractivity contribution in [1.82, 2.24) is 19.1 Å². The van der Waals surface area contributed by atoms with Crippen LogP contribution in [-0.4, -0.2) is 19.1 Å². The summed E-state index contributed by atoms with van der Waals surface area (Å²) in [6.07, 6.45) is 6.60. The van der Waals surface area contributed by atoms with Crippen LogP contribution >= 0.6 is 0 Å². The molecular formula is C14H17N5. The summed E-state index contributed by atoms with van der Waals surface area (Å²) in [4.78, 5) is 8.43. The SMILES string of the molecule is Cc1ccc2nc(N)n(CCCn3ccnc3)c2c1. The van der Waals surface area contributed by atoms with Gasteiger partial charge in [0.2, 0.25) is 5.95 Å². The second-order valence-electron chi connectivity index (χ2n) is 4.77. The normalized spacial score (nSPS) is 11.2. The van der Waals surface area contributed by atoms with Gasteiger partial charge in [0.25, 0.3) is 0 Å². The summed E-state index contributed by atoms with van der Waals surface area (Å²) in [5.74, 6) is 0.589. The third-order valence-electron chi connectivity index (χ3n) is 3.29. The highest BCUT2D eigenvalue weighted by atomic mass is 15.2. The lowest BCUT2D eigenvalue weighted by Crippen LogP contribution is -2.06. The first-order valence-electron chi connectivity index (χ1n) is 6.42. The minimum Gasteiger partial charge on any atom is -0.369 e. The molecule has 0 aliphatic heterocycles. The minimum atomic E-state index is 0.589. The lowest BCUT2D eigenvalue weighted by Gasteiger charge is -2.07. The van der Waals surface area contributed by atoms with E-state index in [0.717, 1.165) is 30.5 Å². The molecular weight excluding hydrogens is 238 g/mol. The van der Waals surface area contributed by atoms with Crippen LogP contribution in [0.5, 0.6) is 0 Å². The Kier molecular flexibility index (Phi) is 2.95. The van der Waals surface area contributed by atoms with Crippen LogP contribution in [0.4, 0.5) is 5.95 Å². The van der Waals surface area contributed by atoms with E-state index in [1.807, 2.05) is 18.6 Å². The Morgan fingerprint density at radius 3 is 2.95 bits per heavy atom. The van der Waals surface area contributed by atoms with Crippen molar-refractivity contribution in [3.05, 3.63) is 42.5 Å². The number of anilines is 1. The zero-order valence-electron chi connectivity index (χ0n) is 11.0. The molecule has 5 heteroatoms. The average Bonchev–Trinajstić information content (AvgIpc) is 2.99. The smallest absolute Gasteiger partial charge is 0.201 e. The third kappa shape index (κ3) is 2.31. The van der Waals surface area contributed by atoms with Crippen molar-refractivity contribution in [2.75, 3.05) is 5.73 Å². The first-order chi connectivity index (χ1) is 9.24. The molecule has 0 atom stereocenters. The van der Waals surface area contributed by atoms with E-state index in [9.17, 15) is 0 Å². The molecule has 2 heterocycles. The minimum absolute atomic E-state index is 0.589. The summed E-state index contributed by atoms with van der Waals surface area (Å²) in [5.41, 5.74) is 9.30. The zero-order valence-corrected chi connectivity index (χ0v) is 11.0. The van der Waals surface area contributed by atoms with Crippen LogP contribution in [0.25, 0.3) is 11.0 Å². The maximum absolute atomic E-state index is 6.00. The van der Waals surface area contributed by atoms with Crippen molar-refractivity contribution in [2.45, 2.75) is 26.4 Å². The van der Waals surface area contributed by atoms with Crippen molar-refractivity contribution in [3.63, 3.8) is 0 Å². The first-order valence-corrected chi connectivity index (χ1v) is 6.42. The molecule has 0 radical (unpaired) electrons. The third-order valence-corrected chi connectivity index (χ3v) is 3.29. The van der Waals surface area contributed by atoms with Crippen LogP contribution in [-0.2, 0) is 13.1 Å². The van der Waals surface area contributed by atoms with Gasteiger partial charge in [0.15, 0.2) is 0 Å². The largest absolute Gasteiger partial charge is 0.369 e. The quantitative estimate of drug-likeness (QED) is 0.777. The Balaban J connectivity index is 1.80. The van der Waals surface area contributed by atoms with Crippen LogP contribution < -0.4 is 5.73 Å². The van der Waals surface area contributed by atoms with Crippen molar-refractivity contribution in [1.29, 1.82) is 0 Å². The summed E-state index contributed by atoms with van der Waals surface area (Å²) in [6, 6.07) is 6.22. The molecule has 0 amide bonds. The Hall–Kier alpha value is -2.30. The number of benzene rings is 1. The molecule has 0 unspecified atom stereocenters. The Morgan fingerprint density at radius 2 is 2.16 bits per heavy atom. The van der Waals surface area contributed by atoms with Gasteiger partial charge in [0.05, 0.1) is 17.4 Å². The molecule has 5 nitrogen and oxygen atoms in total. The molecule has 3 aromatic rings. The van der Waals surface area contributed by atoms with E-state index in [4.69, 9.17) is 5.73 Å². The lowest BCUT2D eigenvalue weighted by molar-refractivity contribution is 0.575. The zero-order chi connectivity index (χ0) is 13.2. The van der Waals surface area contributed by atoms with Gasteiger partial charge in [-0.25, -0.2) is 9.97 Å². The van der Waals surface area contributed by atoms with Gasteiger partial charge in [0.1, 0.15) is 0 Å². The molecule has 0 bridgehead atoms. The number of imidazole rings is 2. The van der Waals surface area contributed by atoms with Gasteiger partial charge in [-0.3, -0.25) is 0 Å². The number of aromatic nitrogens is 4. The fourth-order valence-corrected chi connectivity index (χ4v) is 2.32. The number of nitrogen functional groups attached to an aromatic ring is 1. The molecule has 0 spiro atoms.